The SMILES string of the molecule is CC(C)[C@H](NC(=O)OCc1ccccc1)C(=O)N[C@@H](CSCCNC(=O)OC(C)(C)C)C(=O)Nc1ccc(CO)cc1. The average Bonchev–Trinajstić information content (AvgIpc) is 2.93. The van der Waals surface area contributed by atoms with Crippen LogP contribution in [0.1, 0.15) is 45.7 Å². The second kappa shape index (κ2) is 17.2. The molecule has 0 radical (unpaired) electrons. The second-order valence-electron chi connectivity index (χ2n) is 10.8. The summed E-state index contributed by atoms with van der Waals surface area (Å²) in [4.78, 5) is 50.9. The van der Waals surface area contributed by atoms with E-state index in [-0.39, 0.29) is 24.9 Å². The maximum atomic E-state index is 13.3. The van der Waals surface area contributed by atoms with Crippen molar-refractivity contribution in [3.8, 4) is 0 Å². The molecule has 2 rings (SSSR count). The smallest absolute Gasteiger partial charge is 0.408 e. The molecule has 0 unspecified atom stereocenters. The molecular weight excluding hydrogens is 560 g/mol. The number of hydrogen-bond donors (Lipinski definition) is 5. The lowest BCUT2D eigenvalue weighted by atomic mass is 10.0. The number of anilines is 1. The Morgan fingerprint density at radius 3 is 2.14 bits per heavy atom. The van der Waals surface area contributed by atoms with Crippen LogP contribution in [-0.4, -0.2) is 64.8 Å². The molecule has 0 bridgehead atoms. The molecule has 2 aromatic carbocycles. The number of hydrogen-bond acceptors (Lipinski definition) is 8. The van der Waals surface area contributed by atoms with E-state index >= 15 is 0 Å². The third-order valence-corrected chi connectivity index (χ3v) is 6.73. The zero-order valence-corrected chi connectivity index (χ0v) is 25.6. The van der Waals surface area contributed by atoms with Crippen molar-refractivity contribution in [3.05, 3.63) is 65.7 Å². The first kappa shape index (κ1) is 34.4. The van der Waals surface area contributed by atoms with Crippen LogP contribution >= 0.6 is 11.8 Å². The Morgan fingerprint density at radius 1 is 0.881 bits per heavy atom. The van der Waals surface area contributed by atoms with E-state index in [1.54, 1.807) is 58.9 Å². The Balaban J connectivity index is 2.02. The minimum Gasteiger partial charge on any atom is -0.445 e. The van der Waals surface area contributed by atoms with Crippen molar-refractivity contribution in [2.24, 2.45) is 5.92 Å². The average molecular weight is 603 g/mol. The number of amides is 4. The van der Waals surface area contributed by atoms with Gasteiger partial charge in [-0.1, -0.05) is 56.3 Å². The maximum Gasteiger partial charge on any atom is 0.408 e. The number of aliphatic hydroxyl groups is 1. The van der Waals surface area contributed by atoms with Gasteiger partial charge in [-0.25, -0.2) is 9.59 Å². The van der Waals surface area contributed by atoms with Crippen molar-refractivity contribution >= 4 is 41.5 Å². The van der Waals surface area contributed by atoms with E-state index in [0.717, 1.165) is 5.56 Å². The van der Waals surface area contributed by atoms with Crippen LogP contribution in [0.25, 0.3) is 0 Å². The number of aliphatic hydroxyl groups excluding tert-OH is 1. The fourth-order valence-electron chi connectivity index (χ4n) is 3.53. The predicted molar refractivity (Wildman–Crippen MR) is 163 cm³/mol. The van der Waals surface area contributed by atoms with Gasteiger partial charge >= 0.3 is 12.2 Å². The van der Waals surface area contributed by atoms with Gasteiger partial charge in [-0.15, -0.1) is 0 Å². The van der Waals surface area contributed by atoms with Gasteiger partial charge in [0.15, 0.2) is 0 Å². The molecule has 4 amide bonds. The molecule has 12 heteroatoms. The van der Waals surface area contributed by atoms with Crippen LogP contribution < -0.4 is 21.3 Å². The van der Waals surface area contributed by atoms with E-state index in [1.807, 2.05) is 30.3 Å². The van der Waals surface area contributed by atoms with Crippen molar-refractivity contribution < 1.29 is 33.8 Å². The van der Waals surface area contributed by atoms with Crippen LogP contribution in [0.2, 0.25) is 0 Å². The van der Waals surface area contributed by atoms with E-state index in [1.165, 1.54) is 11.8 Å². The van der Waals surface area contributed by atoms with Crippen molar-refractivity contribution in [1.29, 1.82) is 0 Å². The molecule has 0 fully saturated rings. The summed E-state index contributed by atoms with van der Waals surface area (Å²) in [5, 5.41) is 20.1. The number of nitrogens with one attached hydrogen (secondary N) is 4. The summed E-state index contributed by atoms with van der Waals surface area (Å²) >= 11 is 1.36. The fraction of sp³-hybridized carbons (Fsp3) is 0.467. The van der Waals surface area contributed by atoms with Gasteiger partial charge in [-0.05, 0) is 49.9 Å². The van der Waals surface area contributed by atoms with Crippen molar-refractivity contribution in [2.75, 3.05) is 23.4 Å². The number of rotatable bonds is 14. The molecule has 0 heterocycles. The van der Waals surface area contributed by atoms with E-state index in [9.17, 15) is 24.3 Å². The lowest BCUT2D eigenvalue weighted by molar-refractivity contribution is -0.128. The third kappa shape index (κ3) is 13.3. The van der Waals surface area contributed by atoms with Gasteiger partial charge in [0.1, 0.15) is 24.3 Å². The van der Waals surface area contributed by atoms with Crippen molar-refractivity contribution in [3.63, 3.8) is 0 Å². The summed E-state index contributed by atoms with van der Waals surface area (Å²) in [5.41, 5.74) is 1.38. The van der Waals surface area contributed by atoms with Crippen LogP contribution in [-0.2, 0) is 32.3 Å². The minimum absolute atomic E-state index is 0.0488. The lowest BCUT2D eigenvalue weighted by Gasteiger charge is -2.25. The largest absolute Gasteiger partial charge is 0.445 e. The van der Waals surface area contributed by atoms with Gasteiger partial charge in [-0.2, -0.15) is 11.8 Å². The Morgan fingerprint density at radius 2 is 1.55 bits per heavy atom. The summed E-state index contributed by atoms with van der Waals surface area (Å²) in [6.45, 7) is 9.08. The molecule has 11 nitrogen and oxygen atoms in total. The number of ether oxygens (including phenoxy) is 2. The van der Waals surface area contributed by atoms with E-state index < -0.39 is 41.7 Å². The highest BCUT2D eigenvalue weighted by Crippen LogP contribution is 2.13. The number of benzene rings is 2. The number of carbonyl (C=O) groups is 4. The van der Waals surface area contributed by atoms with Crippen molar-refractivity contribution in [1.82, 2.24) is 16.0 Å². The predicted octanol–water partition coefficient (Wildman–Crippen LogP) is 3.81. The minimum atomic E-state index is -0.954. The molecule has 2 aromatic rings. The standard InChI is InChI=1S/C30H42N4O7S/c1-20(2)25(34-29(39)40-18-22-9-7-6-8-10-22)27(37)33-24(19-42-16-15-31-28(38)41-30(3,4)5)26(36)32-23-13-11-21(17-35)12-14-23/h6-14,20,24-25,35H,15-19H2,1-5H3,(H,31,38)(H,32,36)(H,33,37)(H,34,39)/t24-,25-/m0/s1. The molecule has 230 valence electrons. The number of carbonyl (C=O) groups excluding carboxylic acids is 4. The fourth-order valence-corrected chi connectivity index (χ4v) is 4.42. The Labute approximate surface area is 251 Å². The molecule has 0 spiro atoms. The summed E-state index contributed by atoms with van der Waals surface area (Å²) in [6, 6.07) is 13.9. The molecule has 0 aliphatic carbocycles. The topological polar surface area (TPSA) is 155 Å². The number of thioether (sulfide) groups is 1. The van der Waals surface area contributed by atoms with Gasteiger partial charge in [0.05, 0.1) is 6.61 Å². The monoisotopic (exact) mass is 602 g/mol. The van der Waals surface area contributed by atoms with Crippen LogP contribution in [0, 0.1) is 5.92 Å². The van der Waals surface area contributed by atoms with Gasteiger partial charge in [0, 0.05) is 23.7 Å². The first-order chi connectivity index (χ1) is 19.9. The Bertz CT molecular complexity index is 1150. The zero-order valence-electron chi connectivity index (χ0n) is 24.8. The normalized spacial score (nSPS) is 12.5. The molecule has 0 saturated carbocycles. The molecule has 0 aliphatic heterocycles. The number of alkyl carbamates (subject to hydrolysis) is 2. The van der Waals surface area contributed by atoms with Gasteiger partial charge in [0.2, 0.25) is 11.8 Å². The van der Waals surface area contributed by atoms with Crippen LogP contribution in [0.5, 0.6) is 0 Å². The van der Waals surface area contributed by atoms with Gasteiger partial charge in [0.25, 0.3) is 0 Å². The highest BCUT2D eigenvalue weighted by atomic mass is 32.2. The maximum absolute atomic E-state index is 13.3. The summed E-state index contributed by atoms with van der Waals surface area (Å²) in [5.74, 6) is -0.630. The molecule has 0 aliphatic rings. The zero-order chi connectivity index (χ0) is 31.1. The van der Waals surface area contributed by atoms with Gasteiger partial charge < -0.3 is 35.8 Å². The molecule has 2 atom stereocenters. The highest BCUT2D eigenvalue weighted by molar-refractivity contribution is 7.99. The Hall–Kier alpha value is -3.77. The van der Waals surface area contributed by atoms with Crippen molar-refractivity contribution in [2.45, 2.75) is 65.5 Å². The van der Waals surface area contributed by atoms with E-state index in [0.29, 0.717) is 23.5 Å². The first-order valence-corrected chi connectivity index (χ1v) is 14.9. The van der Waals surface area contributed by atoms with Gasteiger partial charge in [-0.3, -0.25) is 9.59 Å². The summed E-state index contributed by atoms with van der Waals surface area (Å²) < 4.78 is 10.5. The van der Waals surface area contributed by atoms with Crippen LogP contribution in [0.15, 0.2) is 54.6 Å². The quantitative estimate of drug-likeness (QED) is 0.205. The molecular formula is C30H42N4O7S. The molecule has 0 saturated heterocycles. The molecule has 0 aromatic heterocycles. The molecule has 5 N–H and O–H groups in total. The summed E-state index contributed by atoms with van der Waals surface area (Å²) in [6.07, 6.45) is -1.29. The van der Waals surface area contributed by atoms with E-state index in [4.69, 9.17) is 9.47 Å². The van der Waals surface area contributed by atoms with Crippen LogP contribution in [0.4, 0.5) is 15.3 Å². The van der Waals surface area contributed by atoms with Crippen LogP contribution in [0.3, 0.4) is 0 Å². The Kier molecular flexibility index (Phi) is 14.1. The lowest BCUT2D eigenvalue weighted by Crippen LogP contribution is -2.55. The van der Waals surface area contributed by atoms with E-state index in [2.05, 4.69) is 21.3 Å². The first-order valence-electron chi connectivity index (χ1n) is 13.7. The molecule has 42 heavy (non-hydrogen) atoms. The second-order valence-corrected chi connectivity index (χ2v) is 12.0. The third-order valence-electron chi connectivity index (χ3n) is 5.67. The summed E-state index contributed by atoms with van der Waals surface area (Å²) in [7, 11) is 0. The highest BCUT2D eigenvalue weighted by Gasteiger charge is 2.29.